The number of hydrogen-bond donors (Lipinski definition) is 2. The number of rotatable bonds is 6. The third-order valence-electron chi connectivity index (χ3n) is 3.06. The number of nitrogens with one attached hydrogen (secondary N) is 2. The van der Waals surface area contributed by atoms with Gasteiger partial charge in [-0.05, 0) is 31.2 Å². The smallest absolute Gasteiger partial charge is 0.223 e. The van der Waals surface area contributed by atoms with Gasteiger partial charge in [0.1, 0.15) is 5.75 Å². The summed E-state index contributed by atoms with van der Waals surface area (Å²) in [5.74, 6) is 0.799. The maximum absolute atomic E-state index is 11.7. The summed E-state index contributed by atoms with van der Waals surface area (Å²) in [6.45, 7) is 2.94. The van der Waals surface area contributed by atoms with Crippen LogP contribution in [0.25, 0.3) is 0 Å². The molecule has 1 amide bonds. The Bertz CT molecular complexity index is 494. The molecule has 21 heavy (non-hydrogen) atoms. The zero-order valence-corrected chi connectivity index (χ0v) is 14.1. The molecule has 0 atom stereocenters. The first-order valence-corrected chi connectivity index (χ1v) is 7.57. The lowest BCUT2D eigenvalue weighted by molar-refractivity contribution is -0.121. The third kappa shape index (κ3) is 6.98. The van der Waals surface area contributed by atoms with E-state index in [2.05, 4.69) is 32.6 Å². The minimum atomic E-state index is 0. The molecule has 0 radical (unpaired) electrons. The van der Waals surface area contributed by atoms with Crippen molar-refractivity contribution in [3.8, 4) is 5.75 Å². The van der Waals surface area contributed by atoms with Gasteiger partial charge in [-0.3, -0.25) is 4.79 Å². The van der Waals surface area contributed by atoms with Gasteiger partial charge in [-0.2, -0.15) is 0 Å². The molecular formula is C15H20BrClN2O2. The molecule has 0 aliphatic carbocycles. The molecule has 0 fully saturated rings. The zero-order chi connectivity index (χ0) is 14.2. The van der Waals surface area contributed by atoms with E-state index >= 15 is 0 Å². The first-order chi connectivity index (χ1) is 9.74. The van der Waals surface area contributed by atoms with Crippen molar-refractivity contribution >= 4 is 34.2 Å². The summed E-state index contributed by atoms with van der Waals surface area (Å²) >= 11 is 3.38. The molecule has 6 heteroatoms. The van der Waals surface area contributed by atoms with Crippen molar-refractivity contribution in [1.82, 2.24) is 10.6 Å². The second-order valence-corrected chi connectivity index (χ2v) is 5.56. The summed E-state index contributed by atoms with van der Waals surface area (Å²) in [6.07, 6.45) is 3.52. The van der Waals surface area contributed by atoms with E-state index in [1.807, 2.05) is 24.3 Å². The van der Waals surface area contributed by atoms with Crippen LogP contribution in [0.2, 0.25) is 0 Å². The summed E-state index contributed by atoms with van der Waals surface area (Å²) < 4.78 is 6.50. The Hall–Kier alpha value is -1.04. The van der Waals surface area contributed by atoms with E-state index in [1.165, 1.54) is 5.57 Å². The average molecular weight is 376 g/mol. The van der Waals surface area contributed by atoms with Gasteiger partial charge in [-0.1, -0.05) is 33.6 Å². The molecule has 1 aliphatic heterocycles. The van der Waals surface area contributed by atoms with Crippen LogP contribution in [-0.4, -0.2) is 32.1 Å². The Morgan fingerprint density at radius 3 is 3.00 bits per heavy atom. The molecule has 0 unspecified atom stereocenters. The van der Waals surface area contributed by atoms with Crippen LogP contribution in [0.4, 0.5) is 0 Å². The van der Waals surface area contributed by atoms with Crippen molar-refractivity contribution in [1.29, 1.82) is 0 Å². The Balaban J connectivity index is 0.00000220. The fourth-order valence-corrected chi connectivity index (χ4v) is 2.33. The molecule has 1 aromatic carbocycles. The normalized spacial score (nSPS) is 13.9. The van der Waals surface area contributed by atoms with Crippen molar-refractivity contribution in [2.75, 3.05) is 26.2 Å². The third-order valence-corrected chi connectivity index (χ3v) is 3.56. The van der Waals surface area contributed by atoms with Gasteiger partial charge in [-0.15, -0.1) is 12.4 Å². The number of halogens is 2. The molecule has 2 rings (SSSR count). The molecule has 1 heterocycles. The summed E-state index contributed by atoms with van der Waals surface area (Å²) in [7, 11) is 0. The highest BCUT2D eigenvalue weighted by molar-refractivity contribution is 9.10. The Morgan fingerprint density at radius 1 is 1.43 bits per heavy atom. The van der Waals surface area contributed by atoms with Gasteiger partial charge in [0.05, 0.1) is 13.0 Å². The largest absolute Gasteiger partial charge is 0.493 e. The molecule has 116 valence electrons. The number of ether oxygens (including phenoxy) is 1. The van der Waals surface area contributed by atoms with Crippen LogP contribution >= 0.6 is 28.3 Å². The minimum absolute atomic E-state index is 0. The van der Waals surface area contributed by atoms with E-state index in [1.54, 1.807) is 0 Å². The average Bonchev–Trinajstić information content (AvgIpc) is 2.46. The second kappa shape index (κ2) is 9.82. The Morgan fingerprint density at radius 2 is 2.29 bits per heavy atom. The van der Waals surface area contributed by atoms with Crippen LogP contribution in [0.1, 0.15) is 12.8 Å². The van der Waals surface area contributed by atoms with Crippen molar-refractivity contribution in [2.45, 2.75) is 12.8 Å². The van der Waals surface area contributed by atoms with E-state index in [4.69, 9.17) is 4.74 Å². The number of carbonyl (C=O) groups excluding carboxylic acids is 1. The van der Waals surface area contributed by atoms with E-state index in [-0.39, 0.29) is 18.3 Å². The number of benzene rings is 1. The minimum Gasteiger partial charge on any atom is -0.493 e. The van der Waals surface area contributed by atoms with Gasteiger partial charge in [0.15, 0.2) is 0 Å². The highest BCUT2D eigenvalue weighted by Gasteiger charge is 2.06. The van der Waals surface area contributed by atoms with Gasteiger partial charge < -0.3 is 15.4 Å². The van der Waals surface area contributed by atoms with Gasteiger partial charge in [0, 0.05) is 17.6 Å². The van der Waals surface area contributed by atoms with Crippen molar-refractivity contribution in [3.05, 3.63) is 40.4 Å². The predicted octanol–water partition coefficient (Wildman–Crippen LogP) is 2.68. The molecule has 0 saturated heterocycles. The molecule has 1 aliphatic rings. The van der Waals surface area contributed by atoms with Crippen LogP contribution in [0.3, 0.4) is 0 Å². The van der Waals surface area contributed by atoms with Gasteiger partial charge in [-0.25, -0.2) is 0 Å². The van der Waals surface area contributed by atoms with Gasteiger partial charge in [0.2, 0.25) is 5.91 Å². The summed E-state index contributed by atoms with van der Waals surface area (Å²) in [4.78, 5) is 11.7. The lowest BCUT2D eigenvalue weighted by Crippen LogP contribution is -2.30. The number of amides is 1. The fourth-order valence-electron chi connectivity index (χ4n) is 1.95. The topological polar surface area (TPSA) is 50.4 Å². The Kier molecular flexibility index (Phi) is 8.42. The monoisotopic (exact) mass is 374 g/mol. The van der Waals surface area contributed by atoms with Crippen LogP contribution < -0.4 is 15.4 Å². The molecule has 4 nitrogen and oxygen atoms in total. The molecule has 0 bridgehead atoms. The summed E-state index contributed by atoms with van der Waals surface area (Å²) in [5, 5.41) is 6.17. The number of carbonyl (C=O) groups is 1. The first-order valence-electron chi connectivity index (χ1n) is 6.78. The summed E-state index contributed by atoms with van der Waals surface area (Å²) in [6, 6.07) is 7.61. The molecule has 0 aromatic heterocycles. The SMILES string of the molecule is Cl.O=C(CCOc1cccc(Br)c1)NCC1=CCNCC1. The molecule has 1 aromatic rings. The standard InChI is InChI=1S/C15H19BrN2O2.ClH/c16-13-2-1-3-14(10-13)20-9-6-15(19)18-11-12-4-7-17-8-5-12;/h1-4,10,17H,5-9,11H2,(H,18,19);1H. The lowest BCUT2D eigenvalue weighted by atomic mass is 10.1. The van der Waals surface area contributed by atoms with E-state index in [0.717, 1.165) is 29.7 Å². The quantitative estimate of drug-likeness (QED) is 0.752. The molecule has 2 N–H and O–H groups in total. The number of hydrogen-bond acceptors (Lipinski definition) is 3. The maximum Gasteiger partial charge on any atom is 0.223 e. The van der Waals surface area contributed by atoms with Gasteiger partial charge in [0.25, 0.3) is 0 Å². The Labute approximate surface area is 139 Å². The van der Waals surface area contributed by atoms with E-state index in [9.17, 15) is 4.79 Å². The molecule has 0 saturated carbocycles. The van der Waals surface area contributed by atoms with E-state index < -0.39 is 0 Å². The van der Waals surface area contributed by atoms with Crippen LogP contribution in [0, 0.1) is 0 Å². The maximum atomic E-state index is 11.7. The summed E-state index contributed by atoms with van der Waals surface area (Å²) in [5.41, 5.74) is 1.30. The van der Waals surface area contributed by atoms with Crippen LogP contribution in [0.15, 0.2) is 40.4 Å². The highest BCUT2D eigenvalue weighted by Crippen LogP contribution is 2.17. The van der Waals surface area contributed by atoms with E-state index in [0.29, 0.717) is 19.6 Å². The van der Waals surface area contributed by atoms with Crippen LogP contribution in [-0.2, 0) is 4.79 Å². The molecular weight excluding hydrogens is 356 g/mol. The second-order valence-electron chi connectivity index (χ2n) is 4.65. The van der Waals surface area contributed by atoms with Gasteiger partial charge >= 0.3 is 0 Å². The fraction of sp³-hybridized carbons (Fsp3) is 0.400. The van der Waals surface area contributed by atoms with Crippen molar-refractivity contribution < 1.29 is 9.53 Å². The van der Waals surface area contributed by atoms with Crippen molar-refractivity contribution in [3.63, 3.8) is 0 Å². The predicted molar refractivity (Wildman–Crippen MR) is 90.1 cm³/mol. The highest BCUT2D eigenvalue weighted by atomic mass is 79.9. The zero-order valence-electron chi connectivity index (χ0n) is 11.7. The first kappa shape index (κ1) is 18.0. The van der Waals surface area contributed by atoms with Crippen LogP contribution in [0.5, 0.6) is 5.75 Å². The molecule has 0 spiro atoms. The lowest BCUT2D eigenvalue weighted by Gasteiger charge is -2.14. The van der Waals surface area contributed by atoms with Crippen molar-refractivity contribution in [2.24, 2.45) is 0 Å².